The second kappa shape index (κ2) is 5.71. The average Bonchev–Trinajstić information content (AvgIpc) is 3.01. The number of ether oxygens (including phenoxy) is 2. The first kappa shape index (κ1) is 13.8. The molecule has 0 spiro atoms. The molecular formula is C14H15N3O3S. The molecule has 0 fully saturated rings. The smallest absolute Gasteiger partial charge is 0.212 e. The van der Waals surface area contributed by atoms with E-state index in [4.69, 9.17) is 9.47 Å². The zero-order valence-electron chi connectivity index (χ0n) is 11.7. The summed E-state index contributed by atoms with van der Waals surface area (Å²) in [5.41, 5.74) is 1.51. The monoisotopic (exact) mass is 305 g/mol. The molecule has 0 aliphatic carbocycles. The summed E-state index contributed by atoms with van der Waals surface area (Å²) in [6.45, 7) is 2.11. The Bertz CT molecular complexity index is 766. The predicted molar refractivity (Wildman–Crippen MR) is 78.8 cm³/mol. The number of aryl methyl sites for hydroxylation is 1. The molecule has 6 nitrogen and oxygen atoms in total. The summed E-state index contributed by atoms with van der Waals surface area (Å²) in [4.78, 5) is 5.13. The zero-order valence-corrected chi connectivity index (χ0v) is 12.6. The number of fused-ring (bicyclic) bond motifs is 1. The lowest BCUT2D eigenvalue weighted by atomic mass is 10.3. The van der Waals surface area contributed by atoms with Crippen LogP contribution in [0.1, 0.15) is 16.4 Å². The normalized spacial score (nSPS) is 11.0. The molecule has 3 rings (SSSR count). The van der Waals surface area contributed by atoms with Gasteiger partial charge in [-0.3, -0.25) is 0 Å². The van der Waals surface area contributed by atoms with E-state index in [-0.39, 0.29) is 6.61 Å². The Labute approximate surface area is 125 Å². The van der Waals surface area contributed by atoms with E-state index in [2.05, 4.69) is 10.1 Å². The van der Waals surface area contributed by atoms with Crippen molar-refractivity contribution in [1.82, 2.24) is 14.6 Å². The Morgan fingerprint density at radius 3 is 2.76 bits per heavy atom. The van der Waals surface area contributed by atoms with Crippen molar-refractivity contribution in [2.24, 2.45) is 0 Å². The second-order valence-electron chi connectivity index (χ2n) is 4.43. The van der Waals surface area contributed by atoms with Gasteiger partial charge in [-0.1, -0.05) is 23.5 Å². The number of aromatic nitrogens is 3. The van der Waals surface area contributed by atoms with Crippen LogP contribution in [0.5, 0.6) is 11.5 Å². The topological polar surface area (TPSA) is 68.9 Å². The fourth-order valence-corrected chi connectivity index (χ4v) is 2.92. The van der Waals surface area contributed by atoms with E-state index in [1.54, 1.807) is 11.6 Å². The summed E-state index contributed by atoms with van der Waals surface area (Å²) in [6.07, 6.45) is 0. The third-order valence-electron chi connectivity index (χ3n) is 3.11. The molecule has 0 unspecified atom stereocenters. The van der Waals surface area contributed by atoms with Crippen molar-refractivity contribution < 1.29 is 14.6 Å². The van der Waals surface area contributed by atoms with Crippen molar-refractivity contribution >= 4 is 16.3 Å². The number of rotatable bonds is 5. The minimum absolute atomic E-state index is 0.0798. The van der Waals surface area contributed by atoms with E-state index in [1.807, 2.05) is 31.2 Å². The Morgan fingerprint density at radius 1 is 1.29 bits per heavy atom. The fourth-order valence-electron chi connectivity index (χ4n) is 2.05. The molecule has 0 amide bonds. The van der Waals surface area contributed by atoms with Gasteiger partial charge in [-0.2, -0.15) is 5.10 Å². The van der Waals surface area contributed by atoms with Crippen LogP contribution < -0.4 is 9.47 Å². The molecule has 1 N–H and O–H groups in total. The molecule has 0 radical (unpaired) electrons. The van der Waals surface area contributed by atoms with Gasteiger partial charge in [0.15, 0.2) is 16.5 Å². The molecular weight excluding hydrogens is 290 g/mol. The van der Waals surface area contributed by atoms with Crippen molar-refractivity contribution in [3.63, 3.8) is 0 Å². The molecule has 2 heterocycles. The summed E-state index contributed by atoms with van der Waals surface area (Å²) in [7, 11) is 1.61. The van der Waals surface area contributed by atoms with Gasteiger partial charge in [0.05, 0.1) is 25.1 Å². The van der Waals surface area contributed by atoms with Crippen LogP contribution in [-0.4, -0.2) is 26.8 Å². The third-order valence-corrected chi connectivity index (χ3v) is 3.99. The number of hydrogen-bond acceptors (Lipinski definition) is 6. The molecule has 110 valence electrons. The van der Waals surface area contributed by atoms with Gasteiger partial charge in [0, 0.05) is 0 Å². The van der Waals surface area contributed by atoms with E-state index in [0.717, 1.165) is 15.7 Å². The van der Waals surface area contributed by atoms with Gasteiger partial charge in [0.2, 0.25) is 4.96 Å². The SMILES string of the molecule is COc1ccccc1OCc1nn2c(CO)c(C)nc2s1. The number of benzene rings is 1. The quantitative estimate of drug-likeness (QED) is 0.782. The highest BCUT2D eigenvalue weighted by Crippen LogP contribution is 2.27. The Hall–Kier alpha value is -2.12. The molecule has 21 heavy (non-hydrogen) atoms. The van der Waals surface area contributed by atoms with Crippen LogP contribution in [0.3, 0.4) is 0 Å². The number of aliphatic hydroxyl groups is 1. The number of imidazole rings is 1. The lowest BCUT2D eigenvalue weighted by Gasteiger charge is -2.08. The van der Waals surface area contributed by atoms with Crippen molar-refractivity contribution in [3.8, 4) is 11.5 Å². The van der Waals surface area contributed by atoms with Gasteiger partial charge in [-0.15, -0.1) is 0 Å². The maximum atomic E-state index is 9.35. The lowest BCUT2D eigenvalue weighted by molar-refractivity contribution is 0.271. The summed E-state index contributed by atoms with van der Waals surface area (Å²) in [6, 6.07) is 7.47. The highest BCUT2D eigenvalue weighted by atomic mass is 32.1. The molecule has 0 saturated carbocycles. The standard InChI is InChI=1S/C14H15N3O3S/c1-9-10(7-18)17-14(15-9)21-13(16-17)8-20-12-6-4-3-5-11(12)19-2/h3-6,18H,7-8H2,1-2H3. The number of methoxy groups -OCH3 is 1. The van der Waals surface area contributed by atoms with Gasteiger partial charge < -0.3 is 14.6 Å². The molecule has 0 aliphatic rings. The summed E-state index contributed by atoms with van der Waals surface area (Å²) >= 11 is 1.44. The number of aliphatic hydroxyl groups excluding tert-OH is 1. The molecule has 0 atom stereocenters. The maximum Gasteiger partial charge on any atom is 0.212 e. The molecule has 0 saturated heterocycles. The molecule has 0 bridgehead atoms. The predicted octanol–water partition coefficient (Wildman–Crippen LogP) is 2.18. The molecule has 3 aromatic rings. The molecule has 0 aliphatic heterocycles. The first-order valence-electron chi connectivity index (χ1n) is 6.43. The minimum atomic E-state index is -0.0798. The van der Waals surface area contributed by atoms with Crippen LogP contribution in [0.15, 0.2) is 24.3 Å². The van der Waals surface area contributed by atoms with Crippen molar-refractivity contribution in [2.45, 2.75) is 20.1 Å². The van der Waals surface area contributed by atoms with E-state index >= 15 is 0 Å². The van der Waals surface area contributed by atoms with E-state index in [9.17, 15) is 5.11 Å². The molecule has 7 heteroatoms. The van der Waals surface area contributed by atoms with Crippen molar-refractivity contribution in [3.05, 3.63) is 40.7 Å². The number of para-hydroxylation sites is 2. The van der Waals surface area contributed by atoms with E-state index in [0.29, 0.717) is 23.8 Å². The van der Waals surface area contributed by atoms with Crippen LogP contribution in [0.4, 0.5) is 0 Å². The van der Waals surface area contributed by atoms with Gasteiger partial charge in [0.1, 0.15) is 6.61 Å². The number of hydrogen-bond donors (Lipinski definition) is 1. The van der Waals surface area contributed by atoms with E-state index in [1.165, 1.54) is 11.3 Å². The summed E-state index contributed by atoms with van der Waals surface area (Å²) in [5.74, 6) is 1.36. The fraction of sp³-hybridized carbons (Fsp3) is 0.286. The van der Waals surface area contributed by atoms with Crippen LogP contribution >= 0.6 is 11.3 Å². The highest BCUT2D eigenvalue weighted by Gasteiger charge is 2.13. The van der Waals surface area contributed by atoms with E-state index < -0.39 is 0 Å². The number of nitrogens with zero attached hydrogens (tertiary/aromatic N) is 3. The average molecular weight is 305 g/mol. The second-order valence-corrected chi connectivity index (χ2v) is 5.47. The largest absolute Gasteiger partial charge is 0.493 e. The van der Waals surface area contributed by atoms with Gasteiger partial charge >= 0.3 is 0 Å². The highest BCUT2D eigenvalue weighted by molar-refractivity contribution is 7.16. The Balaban J connectivity index is 1.81. The van der Waals surface area contributed by atoms with Crippen LogP contribution in [0, 0.1) is 6.92 Å². The maximum absolute atomic E-state index is 9.35. The van der Waals surface area contributed by atoms with Crippen LogP contribution in [0.25, 0.3) is 4.96 Å². The lowest BCUT2D eigenvalue weighted by Crippen LogP contribution is -2.00. The van der Waals surface area contributed by atoms with Crippen molar-refractivity contribution in [1.29, 1.82) is 0 Å². The molecule has 2 aromatic heterocycles. The first-order chi connectivity index (χ1) is 10.2. The Morgan fingerprint density at radius 2 is 2.05 bits per heavy atom. The minimum Gasteiger partial charge on any atom is -0.493 e. The summed E-state index contributed by atoms with van der Waals surface area (Å²) < 4.78 is 12.6. The third kappa shape index (κ3) is 2.57. The Kier molecular flexibility index (Phi) is 3.76. The zero-order chi connectivity index (χ0) is 14.8. The van der Waals surface area contributed by atoms with Gasteiger partial charge in [-0.05, 0) is 19.1 Å². The van der Waals surface area contributed by atoms with Crippen molar-refractivity contribution in [2.75, 3.05) is 7.11 Å². The van der Waals surface area contributed by atoms with Gasteiger partial charge in [-0.25, -0.2) is 9.50 Å². The first-order valence-corrected chi connectivity index (χ1v) is 7.25. The summed E-state index contributed by atoms with van der Waals surface area (Å²) in [5, 5.41) is 14.6. The molecule has 1 aromatic carbocycles. The van der Waals surface area contributed by atoms with Gasteiger partial charge in [0.25, 0.3) is 0 Å². The van der Waals surface area contributed by atoms with Crippen LogP contribution in [0.2, 0.25) is 0 Å². The van der Waals surface area contributed by atoms with Crippen LogP contribution in [-0.2, 0) is 13.2 Å².